The summed E-state index contributed by atoms with van der Waals surface area (Å²) in [6.45, 7) is 8.77. The number of aryl methyl sites for hydroxylation is 2. The van der Waals surface area contributed by atoms with Gasteiger partial charge in [0.25, 0.3) is 5.56 Å². The molecule has 2 aromatic heterocycles. The van der Waals surface area contributed by atoms with E-state index >= 15 is 0 Å². The number of nitrogens with zero attached hydrogens (tertiary/aromatic N) is 2. The molecule has 5 nitrogen and oxygen atoms in total. The van der Waals surface area contributed by atoms with Crippen LogP contribution in [-0.2, 0) is 6.54 Å². The number of nitrogens with one attached hydrogen (secondary N) is 2. The van der Waals surface area contributed by atoms with E-state index in [1.807, 2.05) is 13.8 Å². The Labute approximate surface area is 140 Å². The van der Waals surface area contributed by atoms with Crippen molar-refractivity contribution in [3.05, 3.63) is 26.6 Å². The third-order valence-corrected chi connectivity index (χ3v) is 4.77. The van der Waals surface area contributed by atoms with Crippen molar-refractivity contribution in [1.82, 2.24) is 20.2 Å². The zero-order valence-corrected chi connectivity index (χ0v) is 14.5. The molecule has 0 bridgehead atoms. The highest BCUT2D eigenvalue weighted by atomic mass is 35.5. The number of piperazine rings is 1. The van der Waals surface area contributed by atoms with Crippen LogP contribution in [0.25, 0.3) is 10.2 Å². The van der Waals surface area contributed by atoms with Gasteiger partial charge >= 0.3 is 0 Å². The van der Waals surface area contributed by atoms with Crippen LogP contribution in [0.1, 0.15) is 16.3 Å². The van der Waals surface area contributed by atoms with E-state index < -0.39 is 0 Å². The van der Waals surface area contributed by atoms with Crippen molar-refractivity contribution in [2.45, 2.75) is 20.4 Å². The van der Waals surface area contributed by atoms with E-state index in [1.165, 1.54) is 4.88 Å². The predicted octanol–water partition coefficient (Wildman–Crippen LogP) is 1.85. The van der Waals surface area contributed by atoms with E-state index in [2.05, 4.69) is 20.2 Å². The van der Waals surface area contributed by atoms with Crippen molar-refractivity contribution in [3.63, 3.8) is 0 Å². The number of H-pyrrole nitrogens is 1. The van der Waals surface area contributed by atoms with Crippen LogP contribution >= 0.6 is 36.2 Å². The molecule has 8 heteroatoms. The van der Waals surface area contributed by atoms with Gasteiger partial charge in [0.05, 0.1) is 11.9 Å². The molecule has 0 saturated carbocycles. The fraction of sp³-hybridized carbons (Fsp3) is 0.538. The number of hydrogen-bond donors (Lipinski definition) is 2. The van der Waals surface area contributed by atoms with Crippen LogP contribution in [0.4, 0.5) is 0 Å². The molecule has 3 rings (SSSR count). The maximum Gasteiger partial charge on any atom is 0.259 e. The van der Waals surface area contributed by atoms with Gasteiger partial charge in [-0.15, -0.1) is 36.2 Å². The topological polar surface area (TPSA) is 61.0 Å². The molecule has 2 aromatic rings. The highest BCUT2D eigenvalue weighted by molar-refractivity contribution is 7.18. The quantitative estimate of drug-likeness (QED) is 0.867. The molecule has 0 amide bonds. The number of aromatic nitrogens is 2. The summed E-state index contributed by atoms with van der Waals surface area (Å²) in [7, 11) is 0. The number of rotatable bonds is 2. The summed E-state index contributed by atoms with van der Waals surface area (Å²) >= 11 is 1.61. The Hall–Kier alpha value is -0.660. The fourth-order valence-corrected chi connectivity index (χ4v) is 3.50. The summed E-state index contributed by atoms with van der Waals surface area (Å²) in [5.41, 5.74) is 1.06. The van der Waals surface area contributed by atoms with Crippen LogP contribution in [0.2, 0.25) is 0 Å². The van der Waals surface area contributed by atoms with Gasteiger partial charge in [0.2, 0.25) is 0 Å². The van der Waals surface area contributed by atoms with Crippen LogP contribution in [0.3, 0.4) is 0 Å². The molecule has 21 heavy (non-hydrogen) atoms. The lowest BCUT2D eigenvalue weighted by atomic mass is 10.2. The fourth-order valence-electron chi connectivity index (χ4n) is 2.46. The number of halogens is 2. The van der Waals surface area contributed by atoms with E-state index in [1.54, 1.807) is 11.3 Å². The molecule has 0 spiro atoms. The van der Waals surface area contributed by atoms with E-state index in [-0.39, 0.29) is 30.4 Å². The minimum Gasteiger partial charge on any atom is -0.314 e. The summed E-state index contributed by atoms with van der Waals surface area (Å²) in [6.07, 6.45) is 0. The first kappa shape index (κ1) is 18.4. The molecule has 0 unspecified atom stereocenters. The average molecular weight is 351 g/mol. The van der Waals surface area contributed by atoms with Crippen molar-refractivity contribution < 1.29 is 0 Å². The van der Waals surface area contributed by atoms with Crippen LogP contribution in [0.15, 0.2) is 4.79 Å². The molecular formula is C13H20Cl2N4OS. The molecule has 1 fully saturated rings. The van der Waals surface area contributed by atoms with Gasteiger partial charge in [0, 0.05) is 31.1 Å². The van der Waals surface area contributed by atoms with Crippen molar-refractivity contribution in [2.24, 2.45) is 0 Å². The summed E-state index contributed by atoms with van der Waals surface area (Å²) in [4.78, 5) is 24.0. The molecule has 1 aliphatic heterocycles. The molecule has 0 aromatic carbocycles. The van der Waals surface area contributed by atoms with Gasteiger partial charge in [0.15, 0.2) is 0 Å². The highest BCUT2D eigenvalue weighted by Gasteiger charge is 2.15. The third kappa shape index (κ3) is 3.76. The molecule has 1 saturated heterocycles. The van der Waals surface area contributed by atoms with E-state index in [0.717, 1.165) is 54.3 Å². The lowest BCUT2D eigenvalue weighted by Crippen LogP contribution is -2.43. The number of hydrogen-bond acceptors (Lipinski definition) is 5. The maximum atomic E-state index is 12.2. The molecule has 2 N–H and O–H groups in total. The molecular weight excluding hydrogens is 331 g/mol. The zero-order valence-electron chi connectivity index (χ0n) is 12.1. The highest BCUT2D eigenvalue weighted by Crippen LogP contribution is 2.25. The van der Waals surface area contributed by atoms with E-state index in [4.69, 9.17) is 0 Å². The Kier molecular flexibility index (Phi) is 6.62. The smallest absolute Gasteiger partial charge is 0.259 e. The Bertz CT molecular complexity index is 664. The lowest BCUT2D eigenvalue weighted by molar-refractivity contribution is 0.228. The lowest BCUT2D eigenvalue weighted by Gasteiger charge is -2.26. The number of thiophene rings is 1. The largest absolute Gasteiger partial charge is 0.314 e. The van der Waals surface area contributed by atoms with Gasteiger partial charge in [-0.1, -0.05) is 0 Å². The first-order valence-electron chi connectivity index (χ1n) is 6.57. The van der Waals surface area contributed by atoms with Gasteiger partial charge in [0.1, 0.15) is 10.7 Å². The van der Waals surface area contributed by atoms with Gasteiger partial charge in [-0.3, -0.25) is 9.69 Å². The Balaban J connectivity index is 0.00000110. The number of fused-ring (bicyclic) bond motifs is 1. The Morgan fingerprint density at radius 2 is 1.90 bits per heavy atom. The van der Waals surface area contributed by atoms with Gasteiger partial charge in [-0.05, 0) is 19.4 Å². The van der Waals surface area contributed by atoms with Crippen molar-refractivity contribution >= 4 is 46.4 Å². The first-order chi connectivity index (χ1) is 9.15. The predicted molar refractivity (Wildman–Crippen MR) is 92.4 cm³/mol. The normalized spacial score (nSPS) is 15.5. The van der Waals surface area contributed by atoms with Gasteiger partial charge < -0.3 is 10.3 Å². The molecule has 3 heterocycles. The van der Waals surface area contributed by atoms with E-state index in [0.29, 0.717) is 0 Å². The van der Waals surface area contributed by atoms with Gasteiger partial charge in [-0.2, -0.15) is 0 Å². The van der Waals surface area contributed by atoms with Crippen LogP contribution in [0, 0.1) is 13.8 Å². The second-order valence-electron chi connectivity index (χ2n) is 5.00. The standard InChI is InChI=1S/C13H18N4OS.2ClH/c1-8-9(2)19-13-11(8)12(18)15-10(16-13)7-17-5-3-14-4-6-17;;/h14H,3-7H2,1-2H3,(H,15,16,18);2*1H. The van der Waals surface area contributed by atoms with Crippen LogP contribution in [-0.4, -0.2) is 41.0 Å². The van der Waals surface area contributed by atoms with Crippen LogP contribution < -0.4 is 10.9 Å². The monoisotopic (exact) mass is 350 g/mol. The molecule has 118 valence electrons. The molecule has 1 aliphatic rings. The third-order valence-electron chi connectivity index (χ3n) is 3.67. The minimum absolute atomic E-state index is 0. The SMILES string of the molecule is Cc1sc2nc(CN3CCNCC3)[nH]c(=O)c2c1C.Cl.Cl. The van der Waals surface area contributed by atoms with E-state index in [9.17, 15) is 4.79 Å². The Morgan fingerprint density at radius 3 is 2.57 bits per heavy atom. The second kappa shape index (κ2) is 7.56. The van der Waals surface area contributed by atoms with Crippen molar-refractivity contribution in [2.75, 3.05) is 26.2 Å². The summed E-state index contributed by atoms with van der Waals surface area (Å²) in [5, 5.41) is 4.08. The first-order valence-corrected chi connectivity index (χ1v) is 7.39. The average Bonchev–Trinajstić information content (AvgIpc) is 2.66. The Morgan fingerprint density at radius 1 is 1.24 bits per heavy atom. The van der Waals surface area contributed by atoms with Gasteiger partial charge in [-0.25, -0.2) is 4.98 Å². The molecule has 0 atom stereocenters. The minimum atomic E-state index is -0.00279. The van der Waals surface area contributed by atoms with Crippen LogP contribution in [0.5, 0.6) is 0 Å². The summed E-state index contributed by atoms with van der Waals surface area (Å²) < 4.78 is 0. The zero-order chi connectivity index (χ0) is 13.4. The molecule has 0 radical (unpaired) electrons. The summed E-state index contributed by atoms with van der Waals surface area (Å²) in [5.74, 6) is 0.778. The van der Waals surface area contributed by atoms with Crippen molar-refractivity contribution in [3.8, 4) is 0 Å². The summed E-state index contributed by atoms with van der Waals surface area (Å²) in [6, 6.07) is 0. The molecule has 0 aliphatic carbocycles. The van der Waals surface area contributed by atoms with Crippen molar-refractivity contribution in [1.29, 1.82) is 0 Å². The second-order valence-corrected chi connectivity index (χ2v) is 6.21. The maximum absolute atomic E-state index is 12.2. The number of aromatic amines is 1.